The SMILES string of the molecule is CCCCCCCCC=COc1ccc2c(C(C)=O)nn(CC(=O)O)c2c1. The van der Waals surface area contributed by atoms with E-state index in [1.165, 1.54) is 43.7 Å². The number of hydrogen-bond acceptors (Lipinski definition) is 4. The molecule has 6 nitrogen and oxygen atoms in total. The summed E-state index contributed by atoms with van der Waals surface area (Å²) in [5.41, 5.74) is 0.848. The van der Waals surface area contributed by atoms with Crippen molar-refractivity contribution in [1.82, 2.24) is 9.78 Å². The third-order valence-corrected chi connectivity index (χ3v) is 4.37. The number of carboxylic acid groups (broad SMARTS) is 1. The lowest BCUT2D eigenvalue weighted by Crippen LogP contribution is -2.10. The number of fused-ring (bicyclic) bond motifs is 1. The van der Waals surface area contributed by atoms with E-state index in [0.29, 0.717) is 16.7 Å². The first-order valence-electron chi connectivity index (χ1n) is 9.58. The number of rotatable bonds is 12. The van der Waals surface area contributed by atoms with Crippen LogP contribution in [0.3, 0.4) is 0 Å². The number of carbonyl (C=O) groups excluding carboxylic acids is 1. The van der Waals surface area contributed by atoms with E-state index in [1.807, 2.05) is 6.08 Å². The van der Waals surface area contributed by atoms with Crippen molar-refractivity contribution in [1.29, 1.82) is 0 Å². The second-order valence-corrected chi connectivity index (χ2v) is 6.68. The van der Waals surface area contributed by atoms with Crippen molar-refractivity contribution in [3.63, 3.8) is 0 Å². The highest BCUT2D eigenvalue weighted by atomic mass is 16.5. The summed E-state index contributed by atoms with van der Waals surface area (Å²) < 4.78 is 6.96. The maximum absolute atomic E-state index is 11.7. The number of aliphatic carboxylic acids is 1. The quantitative estimate of drug-likeness (QED) is 0.323. The minimum Gasteiger partial charge on any atom is -0.480 e. The molecule has 0 saturated heterocycles. The fourth-order valence-electron chi connectivity index (χ4n) is 2.97. The number of carbonyl (C=O) groups is 2. The predicted molar refractivity (Wildman–Crippen MR) is 105 cm³/mol. The summed E-state index contributed by atoms with van der Waals surface area (Å²) >= 11 is 0. The van der Waals surface area contributed by atoms with Crippen LogP contribution in [0.5, 0.6) is 5.75 Å². The maximum Gasteiger partial charge on any atom is 0.325 e. The normalized spacial score (nSPS) is 11.3. The molecule has 1 aromatic heterocycles. The fourth-order valence-corrected chi connectivity index (χ4v) is 2.97. The summed E-state index contributed by atoms with van der Waals surface area (Å²) in [6.45, 7) is 3.33. The maximum atomic E-state index is 11.7. The van der Waals surface area contributed by atoms with Gasteiger partial charge in [-0.25, -0.2) is 0 Å². The van der Waals surface area contributed by atoms with Gasteiger partial charge in [-0.15, -0.1) is 0 Å². The summed E-state index contributed by atoms with van der Waals surface area (Å²) in [5.74, 6) is -0.625. The van der Waals surface area contributed by atoms with E-state index in [1.54, 1.807) is 24.5 Å². The number of benzene rings is 1. The Balaban J connectivity index is 1.97. The Hall–Kier alpha value is -2.63. The summed E-state index contributed by atoms with van der Waals surface area (Å²) in [6.07, 6.45) is 12.2. The number of ketones is 1. The van der Waals surface area contributed by atoms with Gasteiger partial charge in [-0.1, -0.05) is 39.0 Å². The highest BCUT2D eigenvalue weighted by Gasteiger charge is 2.16. The molecule has 2 aromatic rings. The summed E-state index contributed by atoms with van der Waals surface area (Å²) in [4.78, 5) is 22.8. The van der Waals surface area contributed by atoms with Crippen LogP contribution in [0.4, 0.5) is 0 Å². The van der Waals surface area contributed by atoms with Crippen LogP contribution in [0.2, 0.25) is 0 Å². The molecular weight excluding hydrogens is 344 g/mol. The number of aromatic nitrogens is 2. The molecule has 0 bridgehead atoms. The molecule has 0 aliphatic rings. The zero-order valence-corrected chi connectivity index (χ0v) is 16.1. The van der Waals surface area contributed by atoms with E-state index >= 15 is 0 Å². The van der Waals surface area contributed by atoms with E-state index in [9.17, 15) is 9.59 Å². The topological polar surface area (TPSA) is 81.4 Å². The molecule has 0 fully saturated rings. The van der Waals surface area contributed by atoms with Gasteiger partial charge in [0, 0.05) is 18.4 Å². The minimum absolute atomic E-state index is 0.198. The largest absolute Gasteiger partial charge is 0.480 e. The van der Waals surface area contributed by atoms with Crippen molar-refractivity contribution in [2.45, 2.75) is 65.3 Å². The highest BCUT2D eigenvalue weighted by molar-refractivity contribution is 6.05. The van der Waals surface area contributed by atoms with Crippen molar-refractivity contribution in [3.8, 4) is 5.75 Å². The average molecular weight is 372 g/mol. The molecule has 27 heavy (non-hydrogen) atoms. The van der Waals surface area contributed by atoms with Gasteiger partial charge in [-0.2, -0.15) is 5.10 Å². The van der Waals surface area contributed by atoms with Gasteiger partial charge in [0.25, 0.3) is 0 Å². The Morgan fingerprint density at radius 2 is 1.93 bits per heavy atom. The molecule has 0 aliphatic heterocycles. The third kappa shape index (κ3) is 6.24. The number of unbranched alkanes of at least 4 members (excludes halogenated alkanes) is 6. The molecule has 1 aromatic carbocycles. The monoisotopic (exact) mass is 372 g/mol. The fraction of sp³-hybridized carbons (Fsp3) is 0.476. The molecular formula is C21H28N2O4. The Morgan fingerprint density at radius 3 is 2.63 bits per heavy atom. The zero-order valence-electron chi connectivity index (χ0n) is 16.1. The van der Waals surface area contributed by atoms with Crippen molar-refractivity contribution < 1.29 is 19.4 Å². The van der Waals surface area contributed by atoms with Crippen LogP contribution in [0.1, 0.15) is 69.3 Å². The Bertz CT molecular complexity index is 808. The van der Waals surface area contributed by atoms with Gasteiger partial charge in [-0.3, -0.25) is 14.3 Å². The van der Waals surface area contributed by atoms with Crippen LogP contribution in [0.15, 0.2) is 30.5 Å². The van der Waals surface area contributed by atoms with Crippen LogP contribution >= 0.6 is 0 Å². The van der Waals surface area contributed by atoms with E-state index in [2.05, 4.69) is 12.0 Å². The van der Waals surface area contributed by atoms with Crippen LogP contribution in [0.25, 0.3) is 10.9 Å². The van der Waals surface area contributed by atoms with Gasteiger partial charge >= 0.3 is 5.97 Å². The number of Topliss-reactive ketones (excluding diaryl/α,β-unsaturated/α-hetero) is 1. The smallest absolute Gasteiger partial charge is 0.325 e. The van der Waals surface area contributed by atoms with Crippen molar-refractivity contribution in [2.24, 2.45) is 0 Å². The van der Waals surface area contributed by atoms with Gasteiger partial charge in [0.15, 0.2) is 5.78 Å². The second-order valence-electron chi connectivity index (χ2n) is 6.68. The molecule has 0 saturated carbocycles. The lowest BCUT2D eigenvalue weighted by Gasteiger charge is -2.03. The molecule has 1 heterocycles. The molecule has 0 radical (unpaired) electrons. The van der Waals surface area contributed by atoms with Gasteiger partial charge in [0.05, 0.1) is 11.8 Å². The van der Waals surface area contributed by atoms with Gasteiger partial charge in [0.1, 0.15) is 18.0 Å². The lowest BCUT2D eigenvalue weighted by atomic mass is 10.1. The lowest BCUT2D eigenvalue weighted by molar-refractivity contribution is -0.137. The number of ether oxygens (including phenoxy) is 1. The number of nitrogens with zero attached hydrogens (tertiary/aromatic N) is 2. The zero-order chi connectivity index (χ0) is 19.6. The van der Waals surface area contributed by atoms with Crippen molar-refractivity contribution >= 4 is 22.7 Å². The van der Waals surface area contributed by atoms with Crippen LogP contribution in [-0.4, -0.2) is 26.6 Å². The summed E-state index contributed by atoms with van der Waals surface area (Å²) in [7, 11) is 0. The number of carboxylic acids is 1. The average Bonchev–Trinajstić information content (AvgIpc) is 2.98. The van der Waals surface area contributed by atoms with E-state index in [-0.39, 0.29) is 18.0 Å². The molecule has 2 rings (SSSR count). The van der Waals surface area contributed by atoms with Crippen molar-refractivity contribution in [2.75, 3.05) is 0 Å². The van der Waals surface area contributed by atoms with Crippen LogP contribution in [-0.2, 0) is 11.3 Å². The second kappa shape index (κ2) is 10.5. The van der Waals surface area contributed by atoms with E-state index < -0.39 is 5.97 Å². The predicted octanol–water partition coefficient (Wildman–Crippen LogP) is 4.97. The van der Waals surface area contributed by atoms with Gasteiger partial charge < -0.3 is 9.84 Å². The molecule has 0 amide bonds. The minimum atomic E-state index is -1.01. The van der Waals surface area contributed by atoms with Crippen molar-refractivity contribution in [3.05, 3.63) is 36.2 Å². The molecule has 0 aliphatic carbocycles. The summed E-state index contributed by atoms with van der Waals surface area (Å²) in [6, 6.07) is 5.22. The molecule has 0 atom stereocenters. The molecule has 1 N–H and O–H groups in total. The van der Waals surface area contributed by atoms with E-state index in [0.717, 1.165) is 12.8 Å². The van der Waals surface area contributed by atoms with Crippen LogP contribution in [0, 0.1) is 0 Å². The molecule has 0 spiro atoms. The Labute approximate surface area is 159 Å². The number of allylic oxidation sites excluding steroid dienone is 1. The molecule has 146 valence electrons. The first-order chi connectivity index (χ1) is 13.0. The standard InChI is InChI=1S/C21H28N2O4/c1-3-4-5-6-7-8-9-10-13-27-17-11-12-18-19(14-17)23(15-20(25)26)22-21(18)16(2)24/h10-14H,3-9,15H2,1-2H3,(H,25,26). The molecule has 0 unspecified atom stereocenters. The third-order valence-electron chi connectivity index (χ3n) is 4.37. The van der Waals surface area contributed by atoms with Gasteiger partial charge in [0.2, 0.25) is 0 Å². The number of hydrogen-bond donors (Lipinski definition) is 1. The van der Waals surface area contributed by atoms with Crippen LogP contribution < -0.4 is 4.74 Å². The molecule has 6 heteroatoms. The Morgan fingerprint density at radius 1 is 1.19 bits per heavy atom. The van der Waals surface area contributed by atoms with Gasteiger partial charge in [-0.05, 0) is 31.1 Å². The first-order valence-corrected chi connectivity index (χ1v) is 9.58. The van der Waals surface area contributed by atoms with E-state index in [4.69, 9.17) is 9.84 Å². The Kier molecular flexibility index (Phi) is 8.04. The summed E-state index contributed by atoms with van der Waals surface area (Å²) in [5, 5.41) is 13.8. The first kappa shape index (κ1) is 20.7. The highest BCUT2D eigenvalue weighted by Crippen LogP contribution is 2.24.